The lowest BCUT2D eigenvalue weighted by Gasteiger charge is -2.22. The predicted octanol–water partition coefficient (Wildman–Crippen LogP) is 3.26. The quantitative estimate of drug-likeness (QED) is 0.794. The van der Waals surface area contributed by atoms with E-state index in [9.17, 15) is 4.79 Å². The molecule has 1 heterocycles. The number of carbonyl (C=O) groups excluding carboxylic acids is 1. The lowest BCUT2D eigenvalue weighted by molar-refractivity contribution is 0.0950. The van der Waals surface area contributed by atoms with Crippen molar-refractivity contribution in [3.63, 3.8) is 0 Å². The van der Waals surface area contributed by atoms with Crippen molar-refractivity contribution < 1.29 is 4.79 Å². The molecule has 0 radical (unpaired) electrons. The number of hydrogen-bond donors (Lipinski definition) is 1. The van der Waals surface area contributed by atoms with Gasteiger partial charge in [0.2, 0.25) is 0 Å². The van der Waals surface area contributed by atoms with E-state index in [2.05, 4.69) is 20.8 Å². The maximum atomic E-state index is 12.7. The van der Waals surface area contributed by atoms with Crippen molar-refractivity contribution in [3.05, 3.63) is 53.9 Å². The van der Waals surface area contributed by atoms with E-state index in [1.807, 2.05) is 47.1 Å². The summed E-state index contributed by atoms with van der Waals surface area (Å²) in [4.78, 5) is 12.7. The number of amides is 1. The molecule has 0 atom stereocenters. The molecule has 1 saturated carbocycles. The molecule has 128 valence electrons. The van der Waals surface area contributed by atoms with Crippen LogP contribution in [0.2, 0.25) is 0 Å². The van der Waals surface area contributed by atoms with Crippen LogP contribution in [0, 0.1) is 0 Å². The predicted molar refractivity (Wildman–Crippen MR) is 95.1 cm³/mol. The summed E-state index contributed by atoms with van der Waals surface area (Å²) < 4.78 is 1.89. The van der Waals surface area contributed by atoms with Crippen LogP contribution in [0.1, 0.15) is 54.3 Å². The Bertz CT molecular complexity index is 877. The molecule has 6 nitrogen and oxygen atoms in total. The van der Waals surface area contributed by atoms with Crippen LogP contribution >= 0.6 is 0 Å². The van der Waals surface area contributed by atoms with Gasteiger partial charge in [-0.2, -0.15) is 0 Å². The second-order valence-corrected chi connectivity index (χ2v) is 6.54. The highest BCUT2D eigenvalue weighted by atomic mass is 16.1. The van der Waals surface area contributed by atoms with Gasteiger partial charge in [-0.25, -0.2) is 4.68 Å². The van der Waals surface area contributed by atoms with Gasteiger partial charge in [0.15, 0.2) is 5.82 Å². The fourth-order valence-corrected chi connectivity index (χ4v) is 3.62. The Labute approximate surface area is 146 Å². The minimum atomic E-state index is -0.102. The van der Waals surface area contributed by atoms with Crippen molar-refractivity contribution in [2.24, 2.45) is 0 Å². The van der Waals surface area contributed by atoms with Gasteiger partial charge in [0.1, 0.15) is 0 Å². The van der Waals surface area contributed by atoms with Crippen LogP contribution in [0.3, 0.4) is 0 Å². The van der Waals surface area contributed by atoms with Gasteiger partial charge in [0, 0.05) is 5.56 Å². The average molecular weight is 335 g/mol. The number of aromatic nitrogens is 4. The molecule has 1 N–H and O–H groups in total. The summed E-state index contributed by atoms with van der Waals surface area (Å²) in [5, 5.41) is 17.0. The Hall–Kier alpha value is -2.76. The van der Waals surface area contributed by atoms with Crippen LogP contribution in [0.15, 0.2) is 42.5 Å². The van der Waals surface area contributed by atoms with E-state index in [1.165, 1.54) is 19.3 Å². The number of nitrogens with one attached hydrogen (secondary N) is 1. The summed E-state index contributed by atoms with van der Waals surface area (Å²) in [6.45, 7) is 0.339. The lowest BCUT2D eigenvalue weighted by atomic mass is 9.95. The summed E-state index contributed by atoms with van der Waals surface area (Å²) in [5.41, 5.74) is 0.676. The first-order valence-corrected chi connectivity index (χ1v) is 8.85. The van der Waals surface area contributed by atoms with Gasteiger partial charge >= 0.3 is 0 Å². The van der Waals surface area contributed by atoms with Crippen LogP contribution in [0.25, 0.3) is 10.8 Å². The number of carbonyl (C=O) groups is 1. The highest BCUT2D eigenvalue weighted by Crippen LogP contribution is 2.27. The van der Waals surface area contributed by atoms with Crippen LogP contribution in [-0.4, -0.2) is 26.1 Å². The van der Waals surface area contributed by atoms with Gasteiger partial charge in [-0.1, -0.05) is 55.7 Å². The largest absolute Gasteiger partial charge is 0.345 e. The molecule has 6 heteroatoms. The summed E-state index contributed by atoms with van der Waals surface area (Å²) in [5.74, 6) is 0.621. The minimum absolute atomic E-state index is 0.102. The monoisotopic (exact) mass is 335 g/mol. The highest BCUT2D eigenvalue weighted by molar-refractivity contribution is 6.06. The molecule has 1 aliphatic rings. The van der Waals surface area contributed by atoms with Crippen LogP contribution in [-0.2, 0) is 6.54 Å². The number of nitrogens with zero attached hydrogens (tertiary/aromatic N) is 4. The van der Waals surface area contributed by atoms with Crippen molar-refractivity contribution in [2.75, 3.05) is 0 Å². The molecule has 1 aromatic heterocycles. The van der Waals surface area contributed by atoms with E-state index in [1.54, 1.807) is 0 Å². The van der Waals surface area contributed by atoms with E-state index >= 15 is 0 Å². The van der Waals surface area contributed by atoms with Crippen LogP contribution in [0.4, 0.5) is 0 Å². The number of benzene rings is 2. The van der Waals surface area contributed by atoms with E-state index in [0.29, 0.717) is 18.2 Å². The van der Waals surface area contributed by atoms with Crippen molar-refractivity contribution in [2.45, 2.75) is 44.7 Å². The van der Waals surface area contributed by atoms with Gasteiger partial charge < -0.3 is 5.32 Å². The van der Waals surface area contributed by atoms with E-state index < -0.39 is 0 Å². The van der Waals surface area contributed by atoms with Crippen molar-refractivity contribution in [3.8, 4) is 0 Å². The molecule has 3 aromatic rings. The van der Waals surface area contributed by atoms with Gasteiger partial charge in [-0.15, -0.1) is 5.10 Å². The Morgan fingerprint density at radius 1 is 1.08 bits per heavy atom. The molecule has 4 rings (SSSR count). The van der Waals surface area contributed by atoms with Crippen LogP contribution < -0.4 is 5.32 Å². The molecular formula is C19H21N5O. The standard InChI is InChI=1S/C19H21N5O/c25-19(17-12-6-8-14-7-4-5-11-16(14)17)20-13-18-21-22-23-24(18)15-9-2-1-3-10-15/h4-8,11-12,15H,1-3,9-10,13H2,(H,20,25). The van der Waals surface area contributed by atoms with Crippen molar-refractivity contribution >= 4 is 16.7 Å². The van der Waals surface area contributed by atoms with Gasteiger partial charge in [0.25, 0.3) is 5.91 Å². The molecular weight excluding hydrogens is 314 g/mol. The smallest absolute Gasteiger partial charge is 0.252 e. The fraction of sp³-hybridized carbons (Fsp3) is 0.368. The molecule has 0 unspecified atom stereocenters. The maximum Gasteiger partial charge on any atom is 0.252 e. The van der Waals surface area contributed by atoms with Gasteiger partial charge in [-0.05, 0) is 40.1 Å². The molecule has 0 bridgehead atoms. The molecule has 25 heavy (non-hydrogen) atoms. The van der Waals surface area contributed by atoms with Crippen molar-refractivity contribution in [1.82, 2.24) is 25.5 Å². The van der Waals surface area contributed by atoms with Gasteiger partial charge in [0.05, 0.1) is 12.6 Å². The Balaban J connectivity index is 1.50. The second-order valence-electron chi connectivity index (χ2n) is 6.54. The normalized spacial score (nSPS) is 15.4. The zero-order chi connectivity index (χ0) is 17.1. The molecule has 0 aliphatic heterocycles. The highest BCUT2D eigenvalue weighted by Gasteiger charge is 2.20. The third-order valence-electron chi connectivity index (χ3n) is 4.92. The second kappa shape index (κ2) is 7.01. The Kier molecular flexibility index (Phi) is 4.41. The van der Waals surface area contributed by atoms with E-state index in [4.69, 9.17) is 0 Å². The molecule has 1 aliphatic carbocycles. The molecule has 1 amide bonds. The molecule has 2 aromatic carbocycles. The third kappa shape index (κ3) is 3.24. The number of tetrazole rings is 1. The minimum Gasteiger partial charge on any atom is -0.345 e. The number of hydrogen-bond acceptors (Lipinski definition) is 4. The molecule has 1 fully saturated rings. The third-order valence-corrected chi connectivity index (χ3v) is 4.92. The van der Waals surface area contributed by atoms with Crippen LogP contribution in [0.5, 0.6) is 0 Å². The van der Waals surface area contributed by atoms with E-state index in [-0.39, 0.29) is 5.91 Å². The lowest BCUT2D eigenvalue weighted by Crippen LogP contribution is -2.26. The average Bonchev–Trinajstić information content (AvgIpc) is 3.15. The zero-order valence-corrected chi connectivity index (χ0v) is 14.1. The first kappa shape index (κ1) is 15.7. The summed E-state index contributed by atoms with van der Waals surface area (Å²) >= 11 is 0. The van der Waals surface area contributed by atoms with Crippen molar-refractivity contribution in [1.29, 1.82) is 0 Å². The summed E-state index contributed by atoms with van der Waals surface area (Å²) in [6, 6.07) is 14.0. The SMILES string of the molecule is O=C(NCc1nnnn1C1CCCCC1)c1cccc2ccccc12. The summed E-state index contributed by atoms with van der Waals surface area (Å²) in [6.07, 6.45) is 5.93. The van der Waals surface area contributed by atoms with Gasteiger partial charge in [-0.3, -0.25) is 4.79 Å². The first-order valence-electron chi connectivity index (χ1n) is 8.85. The molecule has 0 saturated heterocycles. The summed E-state index contributed by atoms with van der Waals surface area (Å²) in [7, 11) is 0. The number of fused-ring (bicyclic) bond motifs is 1. The zero-order valence-electron chi connectivity index (χ0n) is 14.1. The number of rotatable bonds is 4. The maximum absolute atomic E-state index is 12.7. The molecule has 0 spiro atoms. The fourth-order valence-electron chi connectivity index (χ4n) is 3.62. The first-order chi connectivity index (χ1) is 12.3. The topological polar surface area (TPSA) is 72.7 Å². The Morgan fingerprint density at radius 2 is 1.88 bits per heavy atom. The Morgan fingerprint density at radius 3 is 2.76 bits per heavy atom. The van der Waals surface area contributed by atoms with E-state index in [0.717, 1.165) is 29.4 Å².